The lowest BCUT2D eigenvalue weighted by molar-refractivity contribution is -0.241. The van der Waals surface area contributed by atoms with Crippen LogP contribution in [-0.4, -0.2) is 44.3 Å². The molecule has 1 aliphatic heterocycles. The lowest BCUT2D eigenvalue weighted by Crippen LogP contribution is -2.34. The maximum atomic E-state index is 5.63. The molecule has 1 saturated heterocycles. The van der Waals surface area contributed by atoms with Crippen LogP contribution in [0.25, 0.3) is 0 Å². The van der Waals surface area contributed by atoms with Gasteiger partial charge in [0.1, 0.15) is 6.61 Å². The number of hydrogen-bond donors (Lipinski definition) is 0. The summed E-state index contributed by atoms with van der Waals surface area (Å²) in [5, 5.41) is 2.02. The summed E-state index contributed by atoms with van der Waals surface area (Å²) in [4.78, 5) is 5.63. The van der Waals surface area contributed by atoms with Crippen molar-refractivity contribution >= 4 is 0 Å². The van der Waals surface area contributed by atoms with E-state index in [1.54, 1.807) is 0 Å². The van der Waals surface area contributed by atoms with Gasteiger partial charge in [0, 0.05) is 26.3 Å². The minimum atomic E-state index is -0.220. The second kappa shape index (κ2) is 8.05. The molecule has 0 aromatic rings. The number of hydrogen-bond acceptors (Lipinski definition) is 4. The van der Waals surface area contributed by atoms with E-state index < -0.39 is 0 Å². The zero-order valence-electron chi connectivity index (χ0n) is 9.91. The molecule has 0 N–H and O–H groups in total. The van der Waals surface area contributed by atoms with Gasteiger partial charge in [-0.05, 0) is 26.7 Å². The molecule has 0 aromatic carbocycles. The molecular weight excluding hydrogens is 194 g/mol. The molecule has 1 heterocycles. The highest BCUT2D eigenvalue weighted by atomic mass is 16.7. The zero-order chi connectivity index (χ0) is 10.9. The summed E-state index contributed by atoms with van der Waals surface area (Å²) < 4.78 is 10.8. The summed E-state index contributed by atoms with van der Waals surface area (Å²) in [6, 6.07) is 0. The van der Waals surface area contributed by atoms with Crippen molar-refractivity contribution in [3.8, 4) is 0 Å². The average Bonchev–Trinajstić information content (AvgIpc) is 2.28. The van der Waals surface area contributed by atoms with Crippen LogP contribution in [0.3, 0.4) is 0 Å². The highest BCUT2D eigenvalue weighted by Gasteiger charge is 2.14. The van der Waals surface area contributed by atoms with Crippen LogP contribution in [0, 0.1) is 0 Å². The van der Waals surface area contributed by atoms with Crippen LogP contribution >= 0.6 is 0 Å². The third kappa shape index (κ3) is 5.47. The normalized spacial score (nSPS) is 18.6. The minimum Gasteiger partial charge on any atom is -0.350 e. The first kappa shape index (κ1) is 12.9. The largest absolute Gasteiger partial charge is 0.350 e. The standard InChI is InChI=1S/C11H23NO3/c1-3-13-11(14-4-2)10-15-12-8-6-5-7-9-12/h11H,3-10H2,1-2H3. The second-order valence-electron chi connectivity index (χ2n) is 3.63. The van der Waals surface area contributed by atoms with E-state index in [2.05, 4.69) is 0 Å². The highest BCUT2D eigenvalue weighted by molar-refractivity contribution is 4.56. The molecule has 0 amide bonds. The van der Waals surface area contributed by atoms with Crippen LogP contribution in [0.2, 0.25) is 0 Å². The number of nitrogens with zero attached hydrogens (tertiary/aromatic N) is 1. The summed E-state index contributed by atoms with van der Waals surface area (Å²) in [7, 11) is 0. The first-order valence-corrected chi connectivity index (χ1v) is 5.97. The lowest BCUT2D eigenvalue weighted by atomic mass is 10.2. The van der Waals surface area contributed by atoms with Gasteiger partial charge >= 0.3 is 0 Å². The Hall–Kier alpha value is -0.160. The Bertz CT molecular complexity index is 143. The number of hydroxylamine groups is 2. The van der Waals surface area contributed by atoms with Crippen molar-refractivity contribution in [1.29, 1.82) is 0 Å². The molecule has 90 valence electrons. The van der Waals surface area contributed by atoms with Gasteiger partial charge in [-0.15, -0.1) is 0 Å². The van der Waals surface area contributed by atoms with Crippen molar-refractivity contribution in [1.82, 2.24) is 5.06 Å². The molecular formula is C11H23NO3. The predicted octanol–water partition coefficient (Wildman–Crippen LogP) is 1.80. The number of rotatable bonds is 7. The maximum absolute atomic E-state index is 5.63. The van der Waals surface area contributed by atoms with E-state index in [-0.39, 0.29) is 6.29 Å². The fraction of sp³-hybridized carbons (Fsp3) is 1.00. The molecule has 0 atom stereocenters. The Morgan fingerprint density at radius 2 is 1.60 bits per heavy atom. The molecule has 0 bridgehead atoms. The molecule has 0 radical (unpaired) electrons. The van der Waals surface area contributed by atoms with Gasteiger partial charge in [-0.25, -0.2) is 0 Å². The molecule has 4 heteroatoms. The van der Waals surface area contributed by atoms with Gasteiger partial charge in [-0.2, -0.15) is 5.06 Å². The van der Waals surface area contributed by atoms with E-state index in [9.17, 15) is 0 Å². The fourth-order valence-corrected chi connectivity index (χ4v) is 1.68. The van der Waals surface area contributed by atoms with Gasteiger partial charge in [0.05, 0.1) is 0 Å². The number of piperidine rings is 1. The Kier molecular flexibility index (Phi) is 6.92. The molecule has 0 aliphatic carbocycles. The summed E-state index contributed by atoms with van der Waals surface area (Å²) in [5.41, 5.74) is 0. The van der Waals surface area contributed by atoms with E-state index in [0.717, 1.165) is 13.1 Å². The Morgan fingerprint density at radius 3 is 2.13 bits per heavy atom. The van der Waals surface area contributed by atoms with Crippen LogP contribution in [-0.2, 0) is 14.3 Å². The van der Waals surface area contributed by atoms with Crippen LogP contribution < -0.4 is 0 Å². The van der Waals surface area contributed by atoms with E-state index in [4.69, 9.17) is 14.3 Å². The zero-order valence-corrected chi connectivity index (χ0v) is 9.91. The SMILES string of the molecule is CCOC(CON1CCCCC1)OCC. The molecule has 0 spiro atoms. The Morgan fingerprint density at radius 1 is 1.00 bits per heavy atom. The van der Waals surface area contributed by atoms with Crippen molar-refractivity contribution < 1.29 is 14.3 Å². The van der Waals surface area contributed by atoms with Crippen LogP contribution in [0.5, 0.6) is 0 Å². The van der Waals surface area contributed by atoms with Crippen molar-refractivity contribution in [2.45, 2.75) is 39.4 Å². The van der Waals surface area contributed by atoms with Crippen molar-refractivity contribution in [2.24, 2.45) is 0 Å². The van der Waals surface area contributed by atoms with Gasteiger partial charge in [0.2, 0.25) is 0 Å². The molecule has 0 saturated carbocycles. The smallest absolute Gasteiger partial charge is 0.182 e. The van der Waals surface area contributed by atoms with Gasteiger partial charge in [0.15, 0.2) is 6.29 Å². The first-order valence-electron chi connectivity index (χ1n) is 5.97. The topological polar surface area (TPSA) is 30.9 Å². The van der Waals surface area contributed by atoms with E-state index in [0.29, 0.717) is 19.8 Å². The van der Waals surface area contributed by atoms with Crippen LogP contribution in [0.4, 0.5) is 0 Å². The lowest BCUT2D eigenvalue weighted by Gasteiger charge is -2.27. The van der Waals surface area contributed by atoms with Crippen molar-refractivity contribution in [3.63, 3.8) is 0 Å². The summed E-state index contributed by atoms with van der Waals surface area (Å²) in [6.07, 6.45) is 3.56. The number of ether oxygens (including phenoxy) is 2. The fourth-order valence-electron chi connectivity index (χ4n) is 1.68. The van der Waals surface area contributed by atoms with E-state index >= 15 is 0 Å². The van der Waals surface area contributed by atoms with Crippen LogP contribution in [0.15, 0.2) is 0 Å². The van der Waals surface area contributed by atoms with E-state index in [1.165, 1.54) is 19.3 Å². The molecule has 0 aromatic heterocycles. The molecule has 15 heavy (non-hydrogen) atoms. The van der Waals surface area contributed by atoms with E-state index in [1.807, 2.05) is 18.9 Å². The quantitative estimate of drug-likeness (QED) is 0.608. The van der Waals surface area contributed by atoms with Gasteiger partial charge in [0.25, 0.3) is 0 Å². The molecule has 4 nitrogen and oxygen atoms in total. The monoisotopic (exact) mass is 217 g/mol. The van der Waals surface area contributed by atoms with Gasteiger partial charge in [-0.3, -0.25) is 4.84 Å². The Labute approximate surface area is 92.4 Å². The molecule has 0 unspecified atom stereocenters. The second-order valence-corrected chi connectivity index (χ2v) is 3.63. The van der Waals surface area contributed by atoms with Gasteiger partial charge < -0.3 is 9.47 Å². The highest BCUT2D eigenvalue weighted by Crippen LogP contribution is 2.09. The molecule has 1 rings (SSSR count). The van der Waals surface area contributed by atoms with Crippen molar-refractivity contribution in [3.05, 3.63) is 0 Å². The molecule has 1 fully saturated rings. The van der Waals surface area contributed by atoms with Gasteiger partial charge in [-0.1, -0.05) is 6.42 Å². The average molecular weight is 217 g/mol. The Balaban J connectivity index is 2.13. The minimum absolute atomic E-state index is 0.220. The third-order valence-electron chi connectivity index (χ3n) is 2.41. The van der Waals surface area contributed by atoms with Crippen LogP contribution in [0.1, 0.15) is 33.1 Å². The van der Waals surface area contributed by atoms with Crippen molar-refractivity contribution in [2.75, 3.05) is 32.9 Å². The third-order valence-corrected chi connectivity index (χ3v) is 2.41. The first-order chi connectivity index (χ1) is 7.36. The molecule has 1 aliphatic rings. The summed E-state index contributed by atoms with van der Waals surface area (Å²) in [5.74, 6) is 0. The predicted molar refractivity (Wildman–Crippen MR) is 58.4 cm³/mol. The maximum Gasteiger partial charge on any atom is 0.182 e. The summed E-state index contributed by atoms with van der Waals surface area (Å²) >= 11 is 0. The summed E-state index contributed by atoms with van der Waals surface area (Å²) in [6.45, 7) is 7.82.